The molecule has 0 atom stereocenters. The van der Waals surface area contributed by atoms with Gasteiger partial charge in [-0.25, -0.2) is 0 Å². The molecule has 2 heteroatoms. The molecule has 0 amide bonds. The molecule has 60 valence electrons. The predicted octanol–water partition coefficient (Wildman–Crippen LogP) is 2.89. The van der Waals surface area contributed by atoms with Crippen LogP contribution in [0.4, 0.5) is 0 Å². The lowest BCUT2D eigenvalue weighted by Crippen LogP contribution is -1.69. The smallest absolute Gasteiger partial charge is 0.126 e. The van der Waals surface area contributed by atoms with Crippen LogP contribution in [0.3, 0.4) is 0 Å². The van der Waals surface area contributed by atoms with Gasteiger partial charge in [-0.1, -0.05) is 18.2 Å². The molecule has 0 aliphatic heterocycles. The number of hydrogen-bond donors (Lipinski definition) is 0. The van der Waals surface area contributed by atoms with Crippen LogP contribution in [0.5, 0.6) is 0 Å². The van der Waals surface area contributed by atoms with E-state index in [-0.39, 0.29) is 5.78 Å². The number of carbonyl (C=O) groups is 1. The van der Waals surface area contributed by atoms with E-state index < -0.39 is 0 Å². The normalized spacial score (nSPS) is 7.91. The minimum absolute atomic E-state index is 0.167. The van der Waals surface area contributed by atoms with Gasteiger partial charge in [0.05, 0.1) is 0 Å². The molecule has 11 heavy (non-hydrogen) atoms. The SMILES string of the molecule is CC(C)=O.Ic1ccccc1. The van der Waals surface area contributed by atoms with E-state index in [2.05, 4.69) is 34.7 Å². The van der Waals surface area contributed by atoms with E-state index in [9.17, 15) is 4.79 Å². The maximum Gasteiger partial charge on any atom is 0.126 e. The van der Waals surface area contributed by atoms with Gasteiger partial charge in [0, 0.05) is 3.57 Å². The van der Waals surface area contributed by atoms with Crippen LogP contribution >= 0.6 is 22.6 Å². The summed E-state index contributed by atoms with van der Waals surface area (Å²) in [5, 5.41) is 0. The standard InChI is InChI=1S/C6H5I.C3H6O/c7-6-4-2-1-3-5-6;1-3(2)4/h1-5H;1-2H3. The zero-order valence-electron chi connectivity index (χ0n) is 6.67. The van der Waals surface area contributed by atoms with Crippen molar-refractivity contribution in [2.45, 2.75) is 13.8 Å². The molecular weight excluding hydrogens is 251 g/mol. The third-order valence-corrected chi connectivity index (χ3v) is 1.45. The summed E-state index contributed by atoms with van der Waals surface area (Å²) in [7, 11) is 0. The number of rotatable bonds is 0. The molecule has 0 fully saturated rings. The largest absolute Gasteiger partial charge is 0.300 e. The monoisotopic (exact) mass is 262 g/mol. The van der Waals surface area contributed by atoms with E-state index >= 15 is 0 Å². The van der Waals surface area contributed by atoms with Gasteiger partial charge in [0.1, 0.15) is 5.78 Å². The Morgan fingerprint density at radius 3 is 1.73 bits per heavy atom. The van der Waals surface area contributed by atoms with Gasteiger partial charge in [0.15, 0.2) is 0 Å². The quantitative estimate of drug-likeness (QED) is 0.657. The van der Waals surface area contributed by atoms with Crippen LogP contribution in [0.15, 0.2) is 30.3 Å². The lowest BCUT2D eigenvalue weighted by molar-refractivity contribution is -0.114. The lowest BCUT2D eigenvalue weighted by Gasteiger charge is -1.80. The Labute approximate surface area is 81.0 Å². The number of carbonyl (C=O) groups excluding carboxylic acids is 1. The van der Waals surface area contributed by atoms with E-state index in [1.807, 2.05) is 18.2 Å². The van der Waals surface area contributed by atoms with Crippen LogP contribution in [0.2, 0.25) is 0 Å². The van der Waals surface area contributed by atoms with E-state index in [0.29, 0.717) is 0 Å². The number of benzene rings is 1. The molecule has 1 rings (SSSR count). The summed E-state index contributed by atoms with van der Waals surface area (Å²) >= 11 is 2.28. The summed E-state index contributed by atoms with van der Waals surface area (Å²) in [5.74, 6) is 0.167. The number of halogens is 1. The van der Waals surface area contributed by atoms with Crippen molar-refractivity contribution < 1.29 is 4.79 Å². The first kappa shape index (κ1) is 10.6. The number of hydrogen-bond acceptors (Lipinski definition) is 1. The van der Waals surface area contributed by atoms with E-state index in [4.69, 9.17) is 0 Å². The number of Topliss-reactive ketones (excluding diaryl/α,β-unsaturated/α-hetero) is 1. The Morgan fingerprint density at radius 2 is 1.55 bits per heavy atom. The topological polar surface area (TPSA) is 17.1 Å². The van der Waals surface area contributed by atoms with Gasteiger partial charge in [-0.3, -0.25) is 0 Å². The zero-order chi connectivity index (χ0) is 8.69. The van der Waals surface area contributed by atoms with E-state index in [0.717, 1.165) is 0 Å². The van der Waals surface area contributed by atoms with Gasteiger partial charge in [-0.2, -0.15) is 0 Å². The van der Waals surface area contributed by atoms with Gasteiger partial charge in [-0.05, 0) is 48.6 Å². The molecule has 0 heterocycles. The third kappa shape index (κ3) is 9.62. The van der Waals surface area contributed by atoms with Gasteiger partial charge in [0.2, 0.25) is 0 Å². The fourth-order valence-electron chi connectivity index (χ4n) is 0.415. The average Bonchev–Trinajstić information content (AvgIpc) is 1.87. The van der Waals surface area contributed by atoms with Crippen molar-refractivity contribution in [3.05, 3.63) is 33.9 Å². The predicted molar refractivity (Wildman–Crippen MR) is 55.5 cm³/mol. The molecular formula is C9H11IO. The van der Waals surface area contributed by atoms with Gasteiger partial charge < -0.3 is 4.79 Å². The highest BCUT2D eigenvalue weighted by Gasteiger charge is 1.74. The summed E-state index contributed by atoms with van der Waals surface area (Å²) in [6.07, 6.45) is 0. The second-order valence-corrected chi connectivity index (χ2v) is 3.45. The molecule has 0 aliphatic carbocycles. The highest BCUT2D eigenvalue weighted by atomic mass is 127. The molecule has 0 saturated carbocycles. The first-order valence-electron chi connectivity index (χ1n) is 3.30. The summed E-state index contributed by atoms with van der Waals surface area (Å²) < 4.78 is 1.29. The van der Waals surface area contributed by atoms with Crippen LogP contribution in [0.25, 0.3) is 0 Å². The highest BCUT2D eigenvalue weighted by molar-refractivity contribution is 14.1. The zero-order valence-corrected chi connectivity index (χ0v) is 8.83. The van der Waals surface area contributed by atoms with E-state index in [1.54, 1.807) is 0 Å². The fraction of sp³-hybridized carbons (Fsp3) is 0.222. The molecule has 0 N–H and O–H groups in total. The first-order chi connectivity index (χ1) is 5.13. The molecule has 0 aromatic heterocycles. The maximum atomic E-state index is 9.44. The Kier molecular flexibility index (Phi) is 6.12. The Bertz CT molecular complexity index is 202. The van der Waals surface area contributed by atoms with Crippen molar-refractivity contribution in [2.75, 3.05) is 0 Å². The van der Waals surface area contributed by atoms with E-state index in [1.165, 1.54) is 17.4 Å². The molecule has 0 saturated heterocycles. The van der Waals surface area contributed by atoms with Gasteiger partial charge >= 0.3 is 0 Å². The van der Waals surface area contributed by atoms with Crippen LogP contribution in [-0.2, 0) is 4.79 Å². The van der Waals surface area contributed by atoms with Crippen LogP contribution in [0, 0.1) is 3.57 Å². The molecule has 0 bridgehead atoms. The average molecular weight is 262 g/mol. The third-order valence-electron chi connectivity index (χ3n) is 0.733. The van der Waals surface area contributed by atoms with Gasteiger partial charge in [-0.15, -0.1) is 0 Å². The van der Waals surface area contributed by atoms with Crippen molar-refractivity contribution >= 4 is 28.4 Å². The Balaban J connectivity index is 0.000000218. The molecule has 0 radical (unpaired) electrons. The minimum Gasteiger partial charge on any atom is -0.300 e. The Hall–Kier alpha value is -0.380. The van der Waals surface area contributed by atoms with Gasteiger partial charge in [0.25, 0.3) is 0 Å². The van der Waals surface area contributed by atoms with Crippen molar-refractivity contribution in [1.82, 2.24) is 0 Å². The van der Waals surface area contributed by atoms with Crippen molar-refractivity contribution in [2.24, 2.45) is 0 Å². The number of ketones is 1. The summed E-state index contributed by atoms with van der Waals surface area (Å²) in [6, 6.07) is 10.2. The molecule has 0 aliphatic rings. The molecule has 0 spiro atoms. The first-order valence-corrected chi connectivity index (χ1v) is 4.38. The molecule has 1 aromatic rings. The molecule has 1 aromatic carbocycles. The second-order valence-electron chi connectivity index (χ2n) is 2.20. The summed E-state index contributed by atoms with van der Waals surface area (Å²) in [5.41, 5.74) is 0. The van der Waals surface area contributed by atoms with Crippen molar-refractivity contribution in [3.8, 4) is 0 Å². The van der Waals surface area contributed by atoms with Crippen molar-refractivity contribution in [3.63, 3.8) is 0 Å². The van der Waals surface area contributed by atoms with Crippen molar-refractivity contribution in [1.29, 1.82) is 0 Å². The van der Waals surface area contributed by atoms with Crippen LogP contribution in [0.1, 0.15) is 13.8 Å². The highest BCUT2D eigenvalue weighted by Crippen LogP contribution is 1.99. The minimum atomic E-state index is 0.167. The van der Waals surface area contributed by atoms with Crippen LogP contribution < -0.4 is 0 Å². The Morgan fingerprint density at radius 1 is 1.18 bits per heavy atom. The maximum absolute atomic E-state index is 9.44. The summed E-state index contributed by atoms with van der Waals surface area (Å²) in [4.78, 5) is 9.44. The van der Waals surface area contributed by atoms with Crippen LogP contribution in [-0.4, -0.2) is 5.78 Å². The molecule has 1 nitrogen and oxygen atoms in total. The lowest BCUT2D eigenvalue weighted by atomic mass is 10.4. The summed E-state index contributed by atoms with van der Waals surface area (Å²) in [6.45, 7) is 3.06. The fourth-order valence-corrected chi connectivity index (χ4v) is 0.830. The second kappa shape index (κ2) is 6.34. The molecule has 0 unspecified atom stereocenters.